The number of carbonyl (C=O) groups excluding carboxylic acids is 1. The highest BCUT2D eigenvalue weighted by Gasteiger charge is 2.21. The number of hydrogen-bond donors (Lipinski definition) is 3. The highest BCUT2D eigenvalue weighted by atomic mass is 16.3. The smallest absolute Gasteiger partial charge is 0.238 e. The second kappa shape index (κ2) is 7.26. The lowest BCUT2D eigenvalue weighted by atomic mass is 9.95. The van der Waals surface area contributed by atoms with E-state index in [4.69, 9.17) is 5.11 Å². The SMILES string of the molecule is CCC(C)(CCO)NCC(=O)Nc1ccccc1C. The van der Waals surface area contributed by atoms with Crippen LogP contribution in [-0.2, 0) is 4.79 Å². The van der Waals surface area contributed by atoms with Crippen molar-refractivity contribution in [2.75, 3.05) is 18.5 Å². The monoisotopic (exact) mass is 264 g/mol. The second-order valence-electron chi connectivity index (χ2n) is 5.10. The minimum Gasteiger partial charge on any atom is -0.396 e. The first-order valence-corrected chi connectivity index (χ1v) is 6.72. The molecule has 0 bridgehead atoms. The first kappa shape index (κ1) is 15.7. The first-order chi connectivity index (χ1) is 9.00. The molecule has 0 aromatic heterocycles. The number of rotatable bonds is 7. The van der Waals surface area contributed by atoms with Gasteiger partial charge in [-0.1, -0.05) is 25.1 Å². The van der Waals surface area contributed by atoms with Crippen LogP contribution in [0.15, 0.2) is 24.3 Å². The van der Waals surface area contributed by atoms with Crippen LogP contribution in [0.4, 0.5) is 5.69 Å². The molecular formula is C15H24N2O2. The zero-order valence-corrected chi connectivity index (χ0v) is 12.0. The predicted molar refractivity (Wildman–Crippen MR) is 78.2 cm³/mol. The number of para-hydroxylation sites is 1. The van der Waals surface area contributed by atoms with Crippen molar-refractivity contribution in [1.82, 2.24) is 5.32 Å². The number of aliphatic hydroxyl groups is 1. The molecule has 0 radical (unpaired) electrons. The third-order valence-corrected chi connectivity index (χ3v) is 3.54. The molecule has 0 fully saturated rings. The molecule has 0 aliphatic heterocycles. The Bertz CT molecular complexity index is 420. The number of nitrogens with one attached hydrogen (secondary N) is 2. The van der Waals surface area contributed by atoms with Gasteiger partial charge in [-0.2, -0.15) is 0 Å². The fourth-order valence-electron chi connectivity index (χ4n) is 1.84. The summed E-state index contributed by atoms with van der Waals surface area (Å²) in [7, 11) is 0. The van der Waals surface area contributed by atoms with Gasteiger partial charge in [0, 0.05) is 17.8 Å². The molecule has 4 heteroatoms. The molecule has 106 valence electrons. The maximum atomic E-state index is 11.9. The van der Waals surface area contributed by atoms with Gasteiger partial charge in [-0.3, -0.25) is 4.79 Å². The number of aryl methyl sites for hydroxylation is 1. The number of aliphatic hydroxyl groups excluding tert-OH is 1. The van der Waals surface area contributed by atoms with Gasteiger partial charge in [0.1, 0.15) is 0 Å². The Hall–Kier alpha value is -1.39. The van der Waals surface area contributed by atoms with Crippen LogP contribution in [0.5, 0.6) is 0 Å². The second-order valence-corrected chi connectivity index (χ2v) is 5.10. The molecule has 0 aliphatic carbocycles. The predicted octanol–water partition coefficient (Wildman–Crippen LogP) is 2.07. The molecule has 1 amide bonds. The Kier molecular flexibility index (Phi) is 5.99. The average molecular weight is 264 g/mol. The average Bonchev–Trinajstić information content (AvgIpc) is 2.40. The molecule has 0 saturated carbocycles. The minimum absolute atomic E-state index is 0.0630. The molecule has 0 heterocycles. The standard InChI is InChI=1S/C15H24N2O2/c1-4-15(3,9-10-18)16-11-14(19)17-13-8-6-5-7-12(13)2/h5-8,16,18H,4,9-11H2,1-3H3,(H,17,19). The first-order valence-electron chi connectivity index (χ1n) is 6.72. The van der Waals surface area contributed by atoms with Crippen LogP contribution in [0, 0.1) is 6.92 Å². The molecule has 4 nitrogen and oxygen atoms in total. The largest absolute Gasteiger partial charge is 0.396 e. The Balaban J connectivity index is 2.50. The van der Waals surface area contributed by atoms with Gasteiger partial charge in [-0.05, 0) is 38.3 Å². The summed E-state index contributed by atoms with van der Waals surface area (Å²) < 4.78 is 0. The van der Waals surface area contributed by atoms with Crippen LogP contribution >= 0.6 is 0 Å². The van der Waals surface area contributed by atoms with Gasteiger partial charge < -0.3 is 15.7 Å². The Labute approximate surface area is 115 Å². The fourth-order valence-corrected chi connectivity index (χ4v) is 1.84. The van der Waals surface area contributed by atoms with E-state index in [1.165, 1.54) is 0 Å². The van der Waals surface area contributed by atoms with Crippen molar-refractivity contribution in [2.45, 2.75) is 39.2 Å². The summed E-state index contributed by atoms with van der Waals surface area (Å²) in [5, 5.41) is 15.1. The molecule has 1 aromatic carbocycles. The number of benzene rings is 1. The summed E-state index contributed by atoms with van der Waals surface area (Å²) in [4.78, 5) is 11.9. The summed E-state index contributed by atoms with van der Waals surface area (Å²) in [5.41, 5.74) is 1.69. The Morgan fingerprint density at radius 3 is 2.63 bits per heavy atom. The normalized spacial score (nSPS) is 13.9. The zero-order valence-electron chi connectivity index (χ0n) is 12.0. The summed E-state index contributed by atoms with van der Waals surface area (Å²) in [6, 6.07) is 7.70. The van der Waals surface area contributed by atoms with Crippen molar-refractivity contribution < 1.29 is 9.90 Å². The maximum absolute atomic E-state index is 11.9. The van der Waals surface area contributed by atoms with E-state index in [1.807, 2.05) is 45.0 Å². The summed E-state index contributed by atoms with van der Waals surface area (Å²) >= 11 is 0. The molecule has 1 unspecified atom stereocenters. The van der Waals surface area contributed by atoms with E-state index >= 15 is 0 Å². The van der Waals surface area contributed by atoms with Crippen LogP contribution < -0.4 is 10.6 Å². The third-order valence-electron chi connectivity index (χ3n) is 3.54. The Morgan fingerprint density at radius 1 is 1.37 bits per heavy atom. The van der Waals surface area contributed by atoms with Gasteiger partial charge in [0.25, 0.3) is 0 Å². The fraction of sp³-hybridized carbons (Fsp3) is 0.533. The molecule has 3 N–H and O–H groups in total. The lowest BCUT2D eigenvalue weighted by molar-refractivity contribution is -0.115. The van der Waals surface area contributed by atoms with Crippen LogP contribution in [0.3, 0.4) is 0 Å². The van der Waals surface area contributed by atoms with Gasteiger partial charge in [0.2, 0.25) is 5.91 Å². The summed E-state index contributed by atoms with van der Waals surface area (Å²) in [6.07, 6.45) is 1.51. The van der Waals surface area contributed by atoms with E-state index < -0.39 is 0 Å². The number of amides is 1. The molecule has 1 atom stereocenters. The molecule has 0 saturated heterocycles. The topological polar surface area (TPSA) is 61.4 Å². The van der Waals surface area contributed by atoms with Gasteiger partial charge >= 0.3 is 0 Å². The van der Waals surface area contributed by atoms with E-state index in [-0.39, 0.29) is 24.6 Å². The van der Waals surface area contributed by atoms with E-state index in [2.05, 4.69) is 10.6 Å². The molecule has 0 spiro atoms. The van der Waals surface area contributed by atoms with Crippen LogP contribution in [0.1, 0.15) is 32.3 Å². The molecule has 0 aliphatic rings. The van der Waals surface area contributed by atoms with Gasteiger partial charge in [0.15, 0.2) is 0 Å². The van der Waals surface area contributed by atoms with Crippen molar-refractivity contribution in [3.05, 3.63) is 29.8 Å². The van der Waals surface area contributed by atoms with E-state index in [0.29, 0.717) is 6.42 Å². The van der Waals surface area contributed by atoms with Crippen LogP contribution in [0.25, 0.3) is 0 Å². The third kappa shape index (κ3) is 5.01. The highest BCUT2D eigenvalue weighted by molar-refractivity contribution is 5.92. The van der Waals surface area contributed by atoms with Crippen molar-refractivity contribution in [1.29, 1.82) is 0 Å². The van der Waals surface area contributed by atoms with Crippen LogP contribution in [-0.4, -0.2) is 29.7 Å². The van der Waals surface area contributed by atoms with Gasteiger partial charge in [0.05, 0.1) is 6.54 Å². The zero-order chi connectivity index (χ0) is 14.3. The maximum Gasteiger partial charge on any atom is 0.238 e. The Morgan fingerprint density at radius 2 is 2.05 bits per heavy atom. The van der Waals surface area contributed by atoms with Crippen molar-refractivity contribution in [3.8, 4) is 0 Å². The van der Waals surface area contributed by atoms with Crippen molar-refractivity contribution in [2.24, 2.45) is 0 Å². The van der Waals surface area contributed by atoms with Crippen molar-refractivity contribution >= 4 is 11.6 Å². The highest BCUT2D eigenvalue weighted by Crippen LogP contribution is 2.14. The van der Waals surface area contributed by atoms with Gasteiger partial charge in [-0.25, -0.2) is 0 Å². The van der Waals surface area contributed by atoms with E-state index in [0.717, 1.165) is 17.7 Å². The molecule has 19 heavy (non-hydrogen) atoms. The number of hydrogen-bond acceptors (Lipinski definition) is 3. The summed E-state index contributed by atoms with van der Waals surface area (Å²) in [5.74, 6) is -0.0630. The van der Waals surface area contributed by atoms with Crippen LogP contribution in [0.2, 0.25) is 0 Å². The lowest BCUT2D eigenvalue weighted by Gasteiger charge is -2.28. The number of carbonyl (C=O) groups is 1. The quantitative estimate of drug-likeness (QED) is 0.706. The lowest BCUT2D eigenvalue weighted by Crippen LogP contribution is -2.46. The number of anilines is 1. The molecule has 1 aromatic rings. The minimum atomic E-state index is -0.197. The van der Waals surface area contributed by atoms with Crippen molar-refractivity contribution in [3.63, 3.8) is 0 Å². The molecule has 1 rings (SSSR count). The van der Waals surface area contributed by atoms with E-state index in [9.17, 15) is 4.79 Å². The van der Waals surface area contributed by atoms with E-state index in [1.54, 1.807) is 0 Å². The van der Waals surface area contributed by atoms with Gasteiger partial charge in [-0.15, -0.1) is 0 Å². The summed E-state index contributed by atoms with van der Waals surface area (Å²) in [6.45, 7) is 6.40. The molecular weight excluding hydrogens is 240 g/mol.